The van der Waals surface area contributed by atoms with E-state index in [9.17, 15) is 8.78 Å². The SMILES string of the molecule is Cc1nc(C(N)Cc2c(F)ccc(Br)c2F)cs1. The second-order valence-electron chi connectivity index (χ2n) is 3.92. The van der Waals surface area contributed by atoms with E-state index in [-0.39, 0.29) is 16.5 Å². The van der Waals surface area contributed by atoms with Gasteiger partial charge in [0.2, 0.25) is 0 Å². The first kappa shape index (κ1) is 13.6. The van der Waals surface area contributed by atoms with Crippen LogP contribution >= 0.6 is 27.3 Å². The smallest absolute Gasteiger partial charge is 0.143 e. The van der Waals surface area contributed by atoms with E-state index in [1.54, 1.807) is 0 Å². The molecule has 2 nitrogen and oxygen atoms in total. The van der Waals surface area contributed by atoms with E-state index in [1.165, 1.54) is 23.5 Å². The Kier molecular flexibility index (Phi) is 4.09. The number of aryl methyl sites for hydroxylation is 1. The molecular weight excluding hydrogens is 322 g/mol. The van der Waals surface area contributed by atoms with Gasteiger partial charge in [-0.2, -0.15) is 0 Å². The highest BCUT2D eigenvalue weighted by Gasteiger charge is 2.18. The summed E-state index contributed by atoms with van der Waals surface area (Å²) in [7, 11) is 0. The molecule has 2 N–H and O–H groups in total. The fraction of sp³-hybridized carbons (Fsp3) is 0.250. The van der Waals surface area contributed by atoms with Crippen molar-refractivity contribution in [3.63, 3.8) is 0 Å². The molecule has 18 heavy (non-hydrogen) atoms. The van der Waals surface area contributed by atoms with Gasteiger partial charge < -0.3 is 5.73 Å². The van der Waals surface area contributed by atoms with Gasteiger partial charge in [-0.05, 0) is 41.4 Å². The molecule has 96 valence electrons. The molecule has 1 heterocycles. The van der Waals surface area contributed by atoms with Crippen LogP contribution < -0.4 is 5.73 Å². The number of hydrogen-bond donors (Lipinski definition) is 1. The van der Waals surface area contributed by atoms with Gasteiger partial charge in [0, 0.05) is 10.9 Å². The van der Waals surface area contributed by atoms with Crippen molar-refractivity contribution in [2.24, 2.45) is 5.73 Å². The fourth-order valence-electron chi connectivity index (χ4n) is 1.63. The summed E-state index contributed by atoms with van der Waals surface area (Å²) in [4.78, 5) is 4.23. The van der Waals surface area contributed by atoms with Crippen LogP contribution in [0.1, 0.15) is 22.3 Å². The highest BCUT2D eigenvalue weighted by Crippen LogP contribution is 2.26. The first-order chi connectivity index (χ1) is 8.49. The molecule has 0 amide bonds. The van der Waals surface area contributed by atoms with E-state index >= 15 is 0 Å². The molecule has 0 saturated carbocycles. The second kappa shape index (κ2) is 5.42. The van der Waals surface area contributed by atoms with E-state index in [0.717, 1.165) is 5.01 Å². The predicted molar refractivity (Wildman–Crippen MR) is 71.5 cm³/mol. The number of thiazole rings is 1. The first-order valence-corrected chi connectivity index (χ1v) is 6.96. The number of nitrogens with two attached hydrogens (primary N) is 1. The summed E-state index contributed by atoms with van der Waals surface area (Å²) in [6.45, 7) is 1.86. The van der Waals surface area contributed by atoms with E-state index in [1.807, 2.05) is 12.3 Å². The van der Waals surface area contributed by atoms with E-state index < -0.39 is 17.7 Å². The lowest BCUT2D eigenvalue weighted by Crippen LogP contribution is -2.15. The lowest BCUT2D eigenvalue weighted by molar-refractivity contribution is 0.534. The van der Waals surface area contributed by atoms with Crippen molar-refractivity contribution in [2.45, 2.75) is 19.4 Å². The number of hydrogen-bond acceptors (Lipinski definition) is 3. The third kappa shape index (κ3) is 2.76. The van der Waals surface area contributed by atoms with Crippen LogP contribution in [-0.4, -0.2) is 4.98 Å². The maximum absolute atomic E-state index is 13.8. The van der Waals surface area contributed by atoms with Gasteiger partial charge in [-0.25, -0.2) is 13.8 Å². The van der Waals surface area contributed by atoms with Gasteiger partial charge in [-0.1, -0.05) is 0 Å². The fourth-order valence-corrected chi connectivity index (χ4v) is 2.68. The predicted octanol–water partition coefficient (Wildman–Crippen LogP) is 3.73. The Bertz CT molecular complexity index is 571. The number of benzene rings is 1. The Morgan fingerprint density at radius 2 is 2.17 bits per heavy atom. The van der Waals surface area contributed by atoms with Gasteiger partial charge in [0.15, 0.2) is 0 Å². The molecule has 0 aliphatic heterocycles. The third-order valence-electron chi connectivity index (χ3n) is 2.58. The molecular formula is C12H11BrF2N2S. The highest BCUT2D eigenvalue weighted by molar-refractivity contribution is 9.10. The average molecular weight is 333 g/mol. The summed E-state index contributed by atoms with van der Waals surface area (Å²) >= 11 is 4.50. The number of rotatable bonds is 3. The standard InChI is InChI=1S/C12H11BrF2N2S/c1-6-17-11(5-18-6)10(16)4-7-9(14)3-2-8(13)12(7)15/h2-3,5,10H,4,16H2,1H3. The molecule has 0 fully saturated rings. The van der Waals surface area contributed by atoms with Crippen LogP contribution in [0.4, 0.5) is 8.78 Å². The minimum atomic E-state index is -0.600. The summed E-state index contributed by atoms with van der Waals surface area (Å²) in [5.41, 5.74) is 6.58. The van der Waals surface area contributed by atoms with Gasteiger partial charge in [0.05, 0.1) is 21.2 Å². The molecule has 1 atom stereocenters. The molecule has 0 spiro atoms. The Hall–Kier alpha value is -0.850. The van der Waals surface area contributed by atoms with Crippen molar-refractivity contribution in [1.29, 1.82) is 0 Å². The van der Waals surface area contributed by atoms with Gasteiger partial charge >= 0.3 is 0 Å². The molecule has 1 aromatic carbocycles. The van der Waals surface area contributed by atoms with E-state index in [2.05, 4.69) is 20.9 Å². The van der Waals surface area contributed by atoms with Crippen LogP contribution in [0.5, 0.6) is 0 Å². The topological polar surface area (TPSA) is 38.9 Å². The Morgan fingerprint density at radius 3 is 2.78 bits per heavy atom. The lowest BCUT2D eigenvalue weighted by Gasteiger charge is -2.11. The molecule has 0 bridgehead atoms. The third-order valence-corrected chi connectivity index (χ3v) is 3.98. The monoisotopic (exact) mass is 332 g/mol. The molecule has 0 saturated heterocycles. The van der Waals surface area contributed by atoms with E-state index in [4.69, 9.17) is 5.73 Å². The van der Waals surface area contributed by atoms with Crippen LogP contribution in [0, 0.1) is 18.6 Å². The normalized spacial score (nSPS) is 12.7. The highest BCUT2D eigenvalue weighted by atomic mass is 79.9. The molecule has 1 unspecified atom stereocenters. The second-order valence-corrected chi connectivity index (χ2v) is 5.84. The molecule has 0 aliphatic rings. The Morgan fingerprint density at radius 1 is 1.44 bits per heavy atom. The minimum absolute atomic E-state index is 0.0115. The summed E-state index contributed by atoms with van der Waals surface area (Å²) in [6.07, 6.45) is 0.0836. The van der Waals surface area contributed by atoms with Crippen molar-refractivity contribution in [1.82, 2.24) is 4.98 Å². The Labute approximate surface area is 116 Å². The summed E-state index contributed by atoms with van der Waals surface area (Å²) in [6, 6.07) is 2.06. The average Bonchev–Trinajstić information content (AvgIpc) is 2.76. The van der Waals surface area contributed by atoms with Crippen LogP contribution in [0.25, 0.3) is 0 Å². The molecule has 2 aromatic rings. The summed E-state index contributed by atoms with van der Waals surface area (Å²) < 4.78 is 27.6. The zero-order valence-corrected chi connectivity index (χ0v) is 12.0. The van der Waals surface area contributed by atoms with E-state index in [0.29, 0.717) is 5.69 Å². The molecule has 0 radical (unpaired) electrons. The quantitative estimate of drug-likeness (QED) is 0.869. The maximum Gasteiger partial charge on any atom is 0.143 e. The number of nitrogens with zero attached hydrogens (tertiary/aromatic N) is 1. The van der Waals surface area contributed by atoms with Crippen molar-refractivity contribution in [2.75, 3.05) is 0 Å². The van der Waals surface area contributed by atoms with Crippen molar-refractivity contribution >= 4 is 27.3 Å². The van der Waals surface area contributed by atoms with Crippen molar-refractivity contribution in [3.8, 4) is 0 Å². The van der Waals surface area contributed by atoms with Crippen molar-refractivity contribution in [3.05, 3.63) is 49.9 Å². The van der Waals surface area contributed by atoms with Gasteiger partial charge in [0.25, 0.3) is 0 Å². The zero-order valence-electron chi connectivity index (χ0n) is 9.58. The maximum atomic E-state index is 13.8. The number of aromatic nitrogens is 1. The largest absolute Gasteiger partial charge is 0.322 e. The lowest BCUT2D eigenvalue weighted by atomic mass is 10.0. The van der Waals surface area contributed by atoms with Gasteiger partial charge in [0.1, 0.15) is 11.6 Å². The molecule has 2 rings (SSSR count). The zero-order chi connectivity index (χ0) is 13.3. The molecule has 6 heteroatoms. The van der Waals surface area contributed by atoms with Crippen LogP contribution in [0.15, 0.2) is 22.0 Å². The number of halogens is 3. The van der Waals surface area contributed by atoms with Crippen LogP contribution in [0.2, 0.25) is 0 Å². The minimum Gasteiger partial charge on any atom is -0.322 e. The summed E-state index contributed by atoms with van der Waals surface area (Å²) in [5, 5.41) is 2.70. The van der Waals surface area contributed by atoms with Crippen LogP contribution in [0.3, 0.4) is 0 Å². The van der Waals surface area contributed by atoms with Gasteiger partial charge in [-0.3, -0.25) is 0 Å². The van der Waals surface area contributed by atoms with Crippen molar-refractivity contribution < 1.29 is 8.78 Å². The Balaban J connectivity index is 2.27. The van der Waals surface area contributed by atoms with Crippen LogP contribution in [-0.2, 0) is 6.42 Å². The summed E-state index contributed by atoms with van der Waals surface area (Å²) in [5.74, 6) is -1.18. The molecule has 0 aliphatic carbocycles. The van der Waals surface area contributed by atoms with Gasteiger partial charge in [-0.15, -0.1) is 11.3 Å². The molecule has 1 aromatic heterocycles. The first-order valence-electron chi connectivity index (χ1n) is 5.29.